The van der Waals surface area contributed by atoms with Gasteiger partial charge in [0.05, 0.1) is 22.8 Å². The average molecular weight is 508 g/mol. The summed E-state index contributed by atoms with van der Waals surface area (Å²) >= 11 is 8.24. The van der Waals surface area contributed by atoms with Gasteiger partial charge in [-0.05, 0) is 38.5 Å². The van der Waals surface area contributed by atoms with E-state index >= 15 is 0 Å². The minimum Gasteiger partial charge on any atom is -0.462 e. The quantitative estimate of drug-likeness (QED) is 0.331. The lowest BCUT2D eigenvalue weighted by Gasteiger charge is -2.08. The highest BCUT2D eigenvalue weighted by Crippen LogP contribution is 2.34. The molecule has 0 bridgehead atoms. The van der Waals surface area contributed by atoms with Crippen molar-refractivity contribution >= 4 is 57.5 Å². The Hall–Kier alpha value is -2.89. The molecule has 0 aliphatic carbocycles. The van der Waals surface area contributed by atoms with E-state index in [9.17, 15) is 14.4 Å². The van der Waals surface area contributed by atoms with Gasteiger partial charge in [-0.25, -0.2) is 4.79 Å². The summed E-state index contributed by atoms with van der Waals surface area (Å²) in [4.78, 5) is 36.9. The number of primary amides is 1. The molecule has 3 rings (SSSR count). The third kappa shape index (κ3) is 5.55. The molecule has 0 atom stereocenters. The molecule has 0 saturated heterocycles. The predicted octanol–water partition coefficient (Wildman–Crippen LogP) is 3.99. The SMILES string of the molecule is CCOC(=O)c1c(NC(=O)CSc2nnc(-c3cccc(Cl)c3)n2CC)sc(C(N)=O)c1C. The second-order valence-electron chi connectivity index (χ2n) is 6.74. The molecule has 9 nitrogen and oxygen atoms in total. The van der Waals surface area contributed by atoms with Crippen molar-refractivity contribution < 1.29 is 19.1 Å². The van der Waals surface area contributed by atoms with Crippen LogP contribution in [0.2, 0.25) is 5.02 Å². The number of thiophene rings is 1. The Morgan fingerprint density at radius 3 is 2.67 bits per heavy atom. The minimum atomic E-state index is -0.678. The summed E-state index contributed by atoms with van der Waals surface area (Å²) in [5.41, 5.74) is 6.74. The van der Waals surface area contributed by atoms with Crippen LogP contribution in [0.5, 0.6) is 0 Å². The van der Waals surface area contributed by atoms with Gasteiger partial charge in [0, 0.05) is 17.1 Å². The summed E-state index contributed by atoms with van der Waals surface area (Å²) in [6.45, 7) is 5.97. The van der Waals surface area contributed by atoms with Gasteiger partial charge in [0.1, 0.15) is 5.00 Å². The number of anilines is 1. The number of nitrogens with two attached hydrogens (primary N) is 1. The van der Waals surface area contributed by atoms with E-state index < -0.39 is 11.9 Å². The summed E-state index contributed by atoms with van der Waals surface area (Å²) in [6.07, 6.45) is 0. The van der Waals surface area contributed by atoms with Gasteiger partial charge < -0.3 is 20.4 Å². The fraction of sp³-hybridized carbons (Fsp3) is 0.286. The number of carbonyl (C=O) groups is 3. The summed E-state index contributed by atoms with van der Waals surface area (Å²) in [6, 6.07) is 7.29. The Kier molecular flexibility index (Phi) is 8.11. The maximum Gasteiger partial charge on any atom is 0.341 e. The molecule has 174 valence electrons. The molecule has 1 aromatic carbocycles. The van der Waals surface area contributed by atoms with Crippen molar-refractivity contribution in [2.45, 2.75) is 32.5 Å². The Morgan fingerprint density at radius 2 is 2.03 bits per heavy atom. The molecule has 0 aliphatic heterocycles. The molecule has 2 amide bonds. The molecular weight excluding hydrogens is 486 g/mol. The number of rotatable bonds is 9. The van der Waals surface area contributed by atoms with Crippen LogP contribution in [-0.2, 0) is 16.1 Å². The highest BCUT2D eigenvalue weighted by molar-refractivity contribution is 7.99. The highest BCUT2D eigenvalue weighted by Gasteiger charge is 2.26. The summed E-state index contributed by atoms with van der Waals surface area (Å²) < 4.78 is 6.95. The fourth-order valence-corrected chi connectivity index (χ4v) is 5.16. The highest BCUT2D eigenvalue weighted by atomic mass is 35.5. The maximum atomic E-state index is 12.7. The number of aromatic nitrogens is 3. The van der Waals surface area contributed by atoms with Crippen LogP contribution >= 0.6 is 34.7 Å². The Labute approximate surface area is 203 Å². The van der Waals surface area contributed by atoms with E-state index in [1.807, 2.05) is 23.6 Å². The normalized spacial score (nSPS) is 10.8. The van der Waals surface area contributed by atoms with Gasteiger partial charge in [-0.15, -0.1) is 21.5 Å². The van der Waals surface area contributed by atoms with E-state index in [4.69, 9.17) is 22.1 Å². The smallest absolute Gasteiger partial charge is 0.341 e. The Morgan fingerprint density at radius 1 is 1.27 bits per heavy atom. The number of hydrogen-bond donors (Lipinski definition) is 2. The molecule has 2 heterocycles. The first kappa shape index (κ1) is 24.7. The molecule has 0 spiro atoms. The zero-order valence-corrected chi connectivity index (χ0v) is 20.6. The Bertz CT molecular complexity index is 1210. The third-order valence-electron chi connectivity index (χ3n) is 4.55. The minimum absolute atomic E-state index is 0.0127. The van der Waals surface area contributed by atoms with Crippen molar-refractivity contribution in [1.29, 1.82) is 0 Å². The van der Waals surface area contributed by atoms with E-state index in [-0.39, 0.29) is 33.7 Å². The van der Waals surface area contributed by atoms with Crippen molar-refractivity contribution in [1.82, 2.24) is 14.8 Å². The van der Waals surface area contributed by atoms with Crippen molar-refractivity contribution in [3.05, 3.63) is 45.3 Å². The van der Waals surface area contributed by atoms with E-state index in [1.165, 1.54) is 11.8 Å². The molecule has 0 aliphatic rings. The van der Waals surface area contributed by atoms with Gasteiger partial charge in [-0.2, -0.15) is 0 Å². The predicted molar refractivity (Wildman–Crippen MR) is 129 cm³/mol. The summed E-state index contributed by atoms with van der Waals surface area (Å²) in [5.74, 6) is -1.02. The third-order valence-corrected chi connectivity index (χ3v) is 6.97. The van der Waals surface area contributed by atoms with Crippen LogP contribution < -0.4 is 11.1 Å². The van der Waals surface area contributed by atoms with Gasteiger partial charge in [0.2, 0.25) is 5.91 Å². The largest absolute Gasteiger partial charge is 0.462 e. The number of nitrogens with zero attached hydrogens (tertiary/aromatic N) is 3. The first-order chi connectivity index (χ1) is 15.8. The van der Waals surface area contributed by atoms with Gasteiger partial charge in [-0.3, -0.25) is 9.59 Å². The number of ether oxygens (including phenoxy) is 1. The maximum absolute atomic E-state index is 12.7. The molecule has 3 aromatic rings. The number of esters is 1. The van der Waals surface area contributed by atoms with Crippen molar-refractivity contribution in [3.63, 3.8) is 0 Å². The second-order valence-corrected chi connectivity index (χ2v) is 9.14. The topological polar surface area (TPSA) is 129 Å². The lowest BCUT2D eigenvalue weighted by molar-refractivity contribution is -0.113. The number of halogens is 1. The molecule has 0 radical (unpaired) electrons. The van der Waals surface area contributed by atoms with Crippen LogP contribution in [0.4, 0.5) is 5.00 Å². The zero-order valence-electron chi connectivity index (χ0n) is 18.2. The van der Waals surface area contributed by atoms with Crippen LogP contribution in [-0.4, -0.2) is 44.9 Å². The number of benzene rings is 1. The van der Waals surface area contributed by atoms with Gasteiger partial charge >= 0.3 is 5.97 Å². The van der Waals surface area contributed by atoms with E-state index in [2.05, 4.69) is 15.5 Å². The fourth-order valence-electron chi connectivity index (χ4n) is 3.10. The van der Waals surface area contributed by atoms with Crippen LogP contribution in [0.1, 0.15) is 39.4 Å². The molecular formula is C21H22ClN5O4S2. The number of hydrogen-bond acceptors (Lipinski definition) is 8. The van der Waals surface area contributed by atoms with Crippen LogP contribution in [0.3, 0.4) is 0 Å². The van der Waals surface area contributed by atoms with Gasteiger partial charge in [0.15, 0.2) is 11.0 Å². The van der Waals surface area contributed by atoms with Gasteiger partial charge in [-0.1, -0.05) is 35.5 Å². The molecule has 2 aromatic heterocycles. The van der Waals surface area contributed by atoms with Crippen LogP contribution in [0.25, 0.3) is 11.4 Å². The first-order valence-corrected chi connectivity index (χ1v) is 12.2. The first-order valence-electron chi connectivity index (χ1n) is 9.98. The zero-order chi connectivity index (χ0) is 24.1. The van der Waals surface area contributed by atoms with Crippen molar-refractivity contribution in [3.8, 4) is 11.4 Å². The molecule has 0 unspecified atom stereocenters. The van der Waals surface area contributed by atoms with Crippen molar-refractivity contribution in [2.24, 2.45) is 5.73 Å². The average Bonchev–Trinajstić information content (AvgIpc) is 3.33. The van der Waals surface area contributed by atoms with Crippen LogP contribution in [0.15, 0.2) is 29.4 Å². The van der Waals surface area contributed by atoms with Gasteiger partial charge in [0.25, 0.3) is 5.91 Å². The molecule has 0 fully saturated rings. The number of amides is 2. The van der Waals surface area contributed by atoms with Crippen molar-refractivity contribution in [2.75, 3.05) is 17.7 Å². The Balaban J connectivity index is 1.77. The molecule has 12 heteroatoms. The van der Waals surface area contributed by atoms with E-state index in [0.29, 0.717) is 28.1 Å². The standard InChI is InChI=1S/C21H22ClN5O4S2/c1-4-27-18(12-7-6-8-13(22)9-12)25-26-21(27)32-10-14(28)24-19-15(20(30)31-5-2)11(3)16(33-19)17(23)29/h6-9H,4-5,10H2,1-3H3,(H2,23,29)(H,24,28). The number of carbonyl (C=O) groups excluding carboxylic acids is 3. The number of nitrogens with one attached hydrogen (secondary N) is 1. The number of thioether (sulfide) groups is 1. The lowest BCUT2D eigenvalue weighted by atomic mass is 10.1. The second kappa shape index (κ2) is 10.8. The van der Waals surface area contributed by atoms with Crippen LogP contribution in [0, 0.1) is 6.92 Å². The summed E-state index contributed by atoms with van der Waals surface area (Å²) in [5, 5.41) is 12.5. The van der Waals surface area contributed by atoms with E-state index in [0.717, 1.165) is 16.9 Å². The summed E-state index contributed by atoms with van der Waals surface area (Å²) in [7, 11) is 0. The lowest BCUT2D eigenvalue weighted by Crippen LogP contribution is -2.17. The monoisotopic (exact) mass is 507 g/mol. The van der Waals surface area contributed by atoms with E-state index in [1.54, 1.807) is 26.0 Å². The molecule has 33 heavy (non-hydrogen) atoms. The molecule has 0 saturated carbocycles. The molecule has 3 N–H and O–H groups in total.